The molecule has 2 aromatic heterocycles. The van der Waals surface area contributed by atoms with Crippen molar-refractivity contribution in [1.82, 2.24) is 9.97 Å². The van der Waals surface area contributed by atoms with Crippen molar-refractivity contribution in [1.29, 1.82) is 0 Å². The molecule has 2 bridgehead atoms. The van der Waals surface area contributed by atoms with Crippen LogP contribution in [-0.4, -0.2) is 46.2 Å². The first-order valence-electron chi connectivity index (χ1n) is 8.05. The topological polar surface area (TPSA) is 98.7 Å². The second kappa shape index (κ2) is 5.73. The minimum atomic E-state index is -1.11. The number of carboxylic acid groups (broad SMARTS) is 1. The maximum absolute atomic E-state index is 12.9. The fourth-order valence-electron chi connectivity index (χ4n) is 3.51. The molecule has 1 saturated heterocycles. The molecule has 8 nitrogen and oxygen atoms in total. The van der Waals surface area contributed by atoms with Crippen LogP contribution in [0.2, 0.25) is 0 Å². The van der Waals surface area contributed by atoms with Crippen LogP contribution < -0.4 is 15.1 Å². The lowest BCUT2D eigenvalue weighted by atomic mass is 10.1. The molecule has 2 aromatic rings. The van der Waals surface area contributed by atoms with Crippen LogP contribution >= 0.6 is 0 Å². The van der Waals surface area contributed by atoms with Crippen molar-refractivity contribution in [3.05, 3.63) is 41.7 Å². The van der Waals surface area contributed by atoms with Crippen LogP contribution in [0.5, 0.6) is 0 Å². The van der Waals surface area contributed by atoms with E-state index < -0.39 is 5.97 Å². The molecule has 0 aromatic carbocycles. The van der Waals surface area contributed by atoms with E-state index in [1.54, 1.807) is 35.4 Å². The number of hydrogen-bond acceptors (Lipinski definition) is 5. The van der Waals surface area contributed by atoms with Crippen LogP contribution in [0.4, 0.5) is 22.1 Å². The minimum Gasteiger partial charge on any atom is -0.477 e. The van der Waals surface area contributed by atoms with Crippen molar-refractivity contribution >= 4 is 29.3 Å². The van der Waals surface area contributed by atoms with Crippen molar-refractivity contribution in [2.45, 2.75) is 19.4 Å². The predicted octanol–water partition coefficient (Wildman–Crippen LogP) is 2.11. The van der Waals surface area contributed by atoms with Crippen molar-refractivity contribution < 1.29 is 14.7 Å². The molecule has 4 rings (SSSR count). The van der Waals surface area contributed by atoms with E-state index >= 15 is 0 Å². The third kappa shape index (κ3) is 2.55. The van der Waals surface area contributed by atoms with Gasteiger partial charge in [0.2, 0.25) is 0 Å². The van der Waals surface area contributed by atoms with Gasteiger partial charge in [0, 0.05) is 19.3 Å². The molecule has 2 aliphatic rings. The Morgan fingerprint density at radius 3 is 2.92 bits per heavy atom. The number of nitrogens with zero attached hydrogens (tertiary/aromatic N) is 4. The Bertz CT molecular complexity index is 855. The van der Waals surface area contributed by atoms with Gasteiger partial charge in [0.1, 0.15) is 5.82 Å². The number of carboxylic acids is 1. The van der Waals surface area contributed by atoms with Crippen LogP contribution in [0.15, 0.2) is 30.5 Å². The molecule has 0 unspecified atom stereocenters. The second-order valence-corrected chi connectivity index (χ2v) is 6.21. The molecule has 0 aliphatic carbocycles. The van der Waals surface area contributed by atoms with E-state index in [-0.39, 0.29) is 17.8 Å². The highest BCUT2D eigenvalue weighted by Crippen LogP contribution is 2.41. The lowest BCUT2D eigenvalue weighted by Gasteiger charge is -2.36. The van der Waals surface area contributed by atoms with Gasteiger partial charge in [0.05, 0.1) is 11.7 Å². The molecule has 0 spiro atoms. The molecule has 0 saturated carbocycles. The van der Waals surface area contributed by atoms with Crippen molar-refractivity contribution in [2.24, 2.45) is 0 Å². The average Bonchev–Trinajstić information content (AvgIpc) is 2.99. The van der Waals surface area contributed by atoms with E-state index in [9.17, 15) is 14.7 Å². The molecule has 1 fully saturated rings. The Kier molecular flexibility index (Phi) is 3.52. The van der Waals surface area contributed by atoms with Crippen molar-refractivity contribution in [2.75, 3.05) is 28.2 Å². The van der Waals surface area contributed by atoms with Crippen LogP contribution in [0, 0.1) is 6.92 Å². The smallest absolute Gasteiger partial charge is 0.354 e. The highest BCUT2D eigenvalue weighted by molar-refractivity contribution is 6.05. The monoisotopic (exact) mass is 339 g/mol. The van der Waals surface area contributed by atoms with Gasteiger partial charge in [0.25, 0.3) is 0 Å². The van der Waals surface area contributed by atoms with Gasteiger partial charge in [-0.25, -0.2) is 19.6 Å². The Labute approximate surface area is 144 Å². The maximum Gasteiger partial charge on any atom is 0.354 e. The summed E-state index contributed by atoms with van der Waals surface area (Å²) in [5, 5.41) is 12.1. The number of rotatable bonds is 2. The number of hydrogen-bond donors (Lipinski definition) is 2. The molecule has 25 heavy (non-hydrogen) atoms. The first-order valence-corrected chi connectivity index (χ1v) is 8.05. The Morgan fingerprint density at radius 1 is 1.36 bits per heavy atom. The summed E-state index contributed by atoms with van der Waals surface area (Å²) in [6.07, 6.45) is 2.41. The van der Waals surface area contributed by atoms with E-state index in [2.05, 4.69) is 20.2 Å². The van der Waals surface area contributed by atoms with Gasteiger partial charge in [-0.15, -0.1) is 0 Å². The van der Waals surface area contributed by atoms with Crippen molar-refractivity contribution in [3.63, 3.8) is 0 Å². The number of urea groups is 1. The fraction of sp³-hybridized carbons (Fsp3) is 0.294. The molecular formula is C17H17N5O3. The van der Waals surface area contributed by atoms with Gasteiger partial charge in [-0.05, 0) is 37.1 Å². The van der Waals surface area contributed by atoms with Crippen LogP contribution in [0.1, 0.15) is 22.5 Å². The summed E-state index contributed by atoms with van der Waals surface area (Å²) in [6, 6.07) is 6.43. The van der Waals surface area contributed by atoms with E-state index in [4.69, 9.17) is 0 Å². The number of amides is 2. The first-order chi connectivity index (χ1) is 12.0. The summed E-state index contributed by atoms with van der Waals surface area (Å²) in [5.41, 5.74) is 1.57. The normalized spacial score (nSPS) is 18.0. The fourth-order valence-corrected chi connectivity index (χ4v) is 3.51. The molecule has 0 radical (unpaired) electrons. The number of aromatic nitrogens is 2. The number of carbonyl (C=O) groups is 2. The Balaban J connectivity index is 1.76. The molecule has 1 atom stereocenters. The molecule has 8 heteroatoms. The van der Waals surface area contributed by atoms with Gasteiger partial charge < -0.3 is 10.0 Å². The molecule has 2 amide bonds. The summed E-state index contributed by atoms with van der Waals surface area (Å²) >= 11 is 0. The quantitative estimate of drug-likeness (QED) is 0.869. The summed E-state index contributed by atoms with van der Waals surface area (Å²) in [5.74, 6) is -0.260. The van der Waals surface area contributed by atoms with Gasteiger partial charge in [-0.1, -0.05) is 6.07 Å². The summed E-state index contributed by atoms with van der Waals surface area (Å²) in [7, 11) is 0. The van der Waals surface area contributed by atoms with E-state index in [1.807, 2.05) is 6.92 Å². The number of pyridine rings is 2. The zero-order valence-electron chi connectivity index (χ0n) is 13.6. The second-order valence-electron chi connectivity index (χ2n) is 6.21. The molecule has 2 aliphatic heterocycles. The Morgan fingerprint density at radius 2 is 2.20 bits per heavy atom. The number of aryl methyl sites for hydroxylation is 1. The van der Waals surface area contributed by atoms with Crippen LogP contribution in [0.25, 0.3) is 0 Å². The zero-order chi connectivity index (χ0) is 17.6. The van der Waals surface area contributed by atoms with Gasteiger partial charge in [-0.3, -0.25) is 10.2 Å². The summed E-state index contributed by atoms with van der Waals surface area (Å²) in [6.45, 7) is 3.39. The van der Waals surface area contributed by atoms with Crippen LogP contribution in [-0.2, 0) is 0 Å². The number of fused-ring (bicyclic) bond motifs is 4. The summed E-state index contributed by atoms with van der Waals surface area (Å²) in [4.78, 5) is 36.4. The molecule has 128 valence electrons. The zero-order valence-corrected chi connectivity index (χ0v) is 13.6. The van der Waals surface area contributed by atoms with Gasteiger partial charge in [0.15, 0.2) is 11.5 Å². The SMILES string of the molecule is Cc1cc(C(=O)O)nc2c1N1CC[C@@H](C1)N2C(=O)Nc1ccccn1. The third-order valence-electron chi connectivity index (χ3n) is 4.58. The van der Waals surface area contributed by atoms with Gasteiger partial charge in [-0.2, -0.15) is 0 Å². The number of carbonyl (C=O) groups excluding carboxylic acids is 1. The highest BCUT2D eigenvalue weighted by Gasteiger charge is 2.41. The molecule has 2 N–H and O–H groups in total. The van der Waals surface area contributed by atoms with Crippen molar-refractivity contribution in [3.8, 4) is 0 Å². The largest absolute Gasteiger partial charge is 0.477 e. The van der Waals surface area contributed by atoms with Gasteiger partial charge >= 0.3 is 12.0 Å². The summed E-state index contributed by atoms with van der Waals surface area (Å²) < 4.78 is 0. The molecular weight excluding hydrogens is 322 g/mol. The predicted molar refractivity (Wildman–Crippen MR) is 92.3 cm³/mol. The lowest BCUT2D eigenvalue weighted by Crippen LogP contribution is -2.48. The van der Waals surface area contributed by atoms with E-state index in [1.165, 1.54) is 0 Å². The van der Waals surface area contributed by atoms with E-state index in [0.717, 1.165) is 30.8 Å². The number of nitrogens with one attached hydrogen (secondary N) is 1. The number of aromatic carboxylic acids is 1. The minimum absolute atomic E-state index is 0.0350. The third-order valence-corrected chi connectivity index (χ3v) is 4.58. The first kappa shape index (κ1) is 15.4. The standard InChI is InChI=1S/C17H17N5O3/c1-10-8-12(16(23)24)19-15-14(10)21-7-5-11(9-21)22(15)17(25)20-13-4-2-3-6-18-13/h2-4,6,8,11H,5,7,9H2,1H3,(H,23,24)(H,18,20,25)/t11-/m0/s1. The van der Waals surface area contributed by atoms with E-state index in [0.29, 0.717) is 11.6 Å². The van der Waals surface area contributed by atoms with Crippen LogP contribution in [0.3, 0.4) is 0 Å². The molecule has 4 heterocycles. The lowest BCUT2D eigenvalue weighted by molar-refractivity contribution is 0.0690. The average molecular weight is 339 g/mol. The highest BCUT2D eigenvalue weighted by atomic mass is 16.4. The number of anilines is 3. The Hall–Kier alpha value is -3.16. The maximum atomic E-state index is 12.9.